The van der Waals surface area contributed by atoms with E-state index in [1.807, 2.05) is 27.7 Å². The lowest BCUT2D eigenvalue weighted by molar-refractivity contribution is -0.124. The first-order valence-corrected chi connectivity index (χ1v) is 7.84. The molecule has 0 aromatic rings. The second-order valence-corrected chi connectivity index (χ2v) is 7.75. The van der Waals surface area contributed by atoms with Crippen molar-refractivity contribution in [3.8, 4) is 0 Å². The van der Waals surface area contributed by atoms with E-state index in [-0.39, 0.29) is 17.5 Å². The minimum Gasteiger partial charge on any atom is -0.350 e. The van der Waals surface area contributed by atoms with Crippen molar-refractivity contribution in [1.82, 2.24) is 10.6 Å². The summed E-state index contributed by atoms with van der Waals surface area (Å²) in [5.41, 5.74) is -0.150. The van der Waals surface area contributed by atoms with Crippen LogP contribution in [0.4, 0.5) is 0 Å². The van der Waals surface area contributed by atoms with Crippen molar-refractivity contribution in [2.45, 2.75) is 77.9 Å². The van der Waals surface area contributed by atoms with Crippen LogP contribution in [0.2, 0.25) is 0 Å². The zero-order chi connectivity index (χ0) is 14.2. The fraction of sp³-hybridized carbons (Fsp3) is 0.938. The van der Waals surface area contributed by atoms with Gasteiger partial charge in [0.25, 0.3) is 0 Å². The van der Waals surface area contributed by atoms with E-state index in [0.717, 1.165) is 17.8 Å². The Morgan fingerprint density at radius 3 is 2.32 bits per heavy atom. The Morgan fingerprint density at radius 1 is 1.16 bits per heavy atom. The van der Waals surface area contributed by atoms with Gasteiger partial charge in [-0.2, -0.15) is 0 Å². The first-order chi connectivity index (χ1) is 8.76. The predicted octanol–water partition coefficient (Wildman–Crippen LogP) is 2.70. The molecule has 19 heavy (non-hydrogen) atoms. The van der Waals surface area contributed by atoms with Crippen LogP contribution in [-0.4, -0.2) is 23.5 Å². The molecule has 0 aliphatic heterocycles. The molecule has 0 heterocycles. The van der Waals surface area contributed by atoms with Crippen molar-refractivity contribution in [3.05, 3.63) is 0 Å². The highest BCUT2D eigenvalue weighted by molar-refractivity contribution is 5.81. The highest BCUT2D eigenvalue weighted by atomic mass is 16.2. The van der Waals surface area contributed by atoms with Crippen molar-refractivity contribution in [3.63, 3.8) is 0 Å². The smallest absolute Gasteiger partial charge is 0.237 e. The van der Waals surface area contributed by atoms with E-state index in [0.29, 0.717) is 6.04 Å². The quantitative estimate of drug-likeness (QED) is 0.821. The maximum atomic E-state index is 12.1. The summed E-state index contributed by atoms with van der Waals surface area (Å²) < 4.78 is 0. The van der Waals surface area contributed by atoms with E-state index in [1.54, 1.807) is 0 Å². The van der Waals surface area contributed by atoms with Crippen molar-refractivity contribution in [2.75, 3.05) is 0 Å². The fourth-order valence-corrected chi connectivity index (χ4v) is 3.98. The summed E-state index contributed by atoms with van der Waals surface area (Å²) in [5.74, 6) is 2.77. The third-order valence-electron chi connectivity index (χ3n) is 4.84. The van der Waals surface area contributed by atoms with Gasteiger partial charge in [0.15, 0.2) is 0 Å². The Hall–Kier alpha value is -0.570. The standard InChI is InChI=1S/C16H30N2O/c1-10(14-9-12-6-7-13(14)8-12)17-11(2)15(19)18-16(3,4)5/h10-14,17H,6-9H2,1-5H3,(H,18,19)/t10?,11?,12-,13+,14?/m0/s1. The van der Waals surface area contributed by atoms with Gasteiger partial charge in [-0.05, 0) is 71.6 Å². The zero-order valence-corrected chi connectivity index (χ0v) is 13.1. The first kappa shape index (κ1) is 14.8. The summed E-state index contributed by atoms with van der Waals surface area (Å²) in [6.07, 6.45) is 5.64. The Balaban J connectivity index is 1.81. The van der Waals surface area contributed by atoms with Crippen LogP contribution >= 0.6 is 0 Å². The lowest BCUT2D eigenvalue weighted by Crippen LogP contribution is -2.52. The number of rotatable bonds is 4. The highest BCUT2D eigenvalue weighted by Gasteiger charge is 2.42. The summed E-state index contributed by atoms with van der Waals surface area (Å²) in [7, 11) is 0. The number of fused-ring (bicyclic) bond motifs is 2. The van der Waals surface area contributed by atoms with Gasteiger partial charge in [-0.15, -0.1) is 0 Å². The van der Waals surface area contributed by atoms with Gasteiger partial charge in [0.05, 0.1) is 6.04 Å². The van der Waals surface area contributed by atoms with E-state index < -0.39 is 0 Å². The molecule has 2 fully saturated rings. The molecule has 0 saturated heterocycles. The topological polar surface area (TPSA) is 41.1 Å². The van der Waals surface area contributed by atoms with Crippen molar-refractivity contribution in [2.24, 2.45) is 17.8 Å². The molecule has 2 aliphatic rings. The number of amides is 1. The minimum atomic E-state index is -0.150. The van der Waals surface area contributed by atoms with Gasteiger partial charge >= 0.3 is 0 Å². The molecule has 0 spiro atoms. The molecule has 3 heteroatoms. The summed E-state index contributed by atoms with van der Waals surface area (Å²) in [6.45, 7) is 10.3. The van der Waals surface area contributed by atoms with Crippen molar-refractivity contribution < 1.29 is 4.79 Å². The van der Waals surface area contributed by atoms with Gasteiger partial charge in [0, 0.05) is 11.6 Å². The van der Waals surface area contributed by atoms with Crippen LogP contribution in [0, 0.1) is 17.8 Å². The molecule has 0 radical (unpaired) electrons. The Bertz CT molecular complexity index is 334. The van der Waals surface area contributed by atoms with Crippen LogP contribution in [0.1, 0.15) is 60.3 Å². The molecular weight excluding hydrogens is 236 g/mol. The lowest BCUT2D eigenvalue weighted by atomic mass is 9.83. The predicted molar refractivity (Wildman–Crippen MR) is 78.9 cm³/mol. The molecule has 5 atom stereocenters. The van der Waals surface area contributed by atoms with Crippen molar-refractivity contribution >= 4 is 5.91 Å². The monoisotopic (exact) mass is 266 g/mol. The Labute approximate surface area is 117 Å². The number of carbonyl (C=O) groups excluding carboxylic acids is 1. The maximum Gasteiger partial charge on any atom is 0.237 e. The number of hydrogen-bond acceptors (Lipinski definition) is 2. The van der Waals surface area contributed by atoms with E-state index in [2.05, 4.69) is 17.6 Å². The molecule has 2 bridgehead atoms. The summed E-state index contributed by atoms with van der Waals surface area (Å²) in [4.78, 5) is 12.1. The third kappa shape index (κ3) is 3.71. The lowest BCUT2D eigenvalue weighted by Gasteiger charge is -2.31. The molecule has 3 nitrogen and oxygen atoms in total. The fourth-order valence-electron chi connectivity index (χ4n) is 3.98. The summed E-state index contributed by atoms with van der Waals surface area (Å²) in [5, 5.41) is 6.56. The number of nitrogens with one attached hydrogen (secondary N) is 2. The van der Waals surface area contributed by atoms with Crippen LogP contribution in [0.3, 0.4) is 0 Å². The molecule has 2 rings (SSSR count). The molecule has 2 N–H and O–H groups in total. The van der Waals surface area contributed by atoms with Crippen LogP contribution in [0.5, 0.6) is 0 Å². The largest absolute Gasteiger partial charge is 0.350 e. The Morgan fingerprint density at radius 2 is 1.84 bits per heavy atom. The SMILES string of the molecule is CC(NC(C)C1C[C@H]2CC[C@@H]1C2)C(=O)NC(C)(C)C. The van der Waals surface area contributed by atoms with Gasteiger partial charge in [-0.25, -0.2) is 0 Å². The van der Waals surface area contributed by atoms with Crippen LogP contribution in [-0.2, 0) is 4.79 Å². The molecule has 2 aliphatic carbocycles. The number of hydrogen-bond donors (Lipinski definition) is 2. The molecule has 110 valence electrons. The van der Waals surface area contributed by atoms with E-state index in [4.69, 9.17) is 0 Å². The second-order valence-electron chi connectivity index (χ2n) is 7.75. The molecule has 3 unspecified atom stereocenters. The van der Waals surface area contributed by atoms with Gasteiger partial charge in [-0.1, -0.05) is 6.42 Å². The minimum absolute atomic E-state index is 0.103. The normalized spacial score (nSPS) is 33.2. The van der Waals surface area contributed by atoms with Gasteiger partial charge in [-0.3, -0.25) is 4.79 Å². The molecule has 0 aromatic carbocycles. The van der Waals surface area contributed by atoms with Gasteiger partial charge < -0.3 is 10.6 Å². The van der Waals surface area contributed by atoms with Crippen LogP contribution in [0.15, 0.2) is 0 Å². The average molecular weight is 266 g/mol. The van der Waals surface area contributed by atoms with Crippen LogP contribution < -0.4 is 10.6 Å². The van der Waals surface area contributed by atoms with Gasteiger partial charge in [0.1, 0.15) is 0 Å². The van der Waals surface area contributed by atoms with Crippen molar-refractivity contribution in [1.29, 1.82) is 0 Å². The second kappa shape index (κ2) is 5.43. The molecule has 2 saturated carbocycles. The average Bonchev–Trinajstić information content (AvgIpc) is 2.87. The van der Waals surface area contributed by atoms with E-state index >= 15 is 0 Å². The zero-order valence-electron chi connectivity index (χ0n) is 13.1. The van der Waals surface area contributed by atoms with E-state index in [9.17, 15) is 4.79 Å². The van der Waals surface area contributed by atoms with Crippen LogP contribution in [0.25, 0.3) is 0 Å². The first-order valence-electron chi connectivity index (χ1n) is 7.84. The van der Waals surface area contributed by atoms with E-state index in [1.165, 1.54) is 25.7 Å². The molecular formula is C16H30N2O. The third-order valence-corrected chi connectivity index (χ3v) is 4.84. The molecule has 0 aromatic heterocycles. The maximum absolute atomic E-state index is 12.1. The Kier molecular flexibility index (Phi) is 4.24. The summed E-state index contributed by atoms with van der Waals surface area (Å²) in [6, 6.07) is 0.351. The summed E-state index contributed by atoms with van der Waals surface area (Å²) >= 11 is 0. The number of carbonyl (C=O) groups is 1. The highest BCUT2D eigenvalue weighted by Crippen LogP contribution is 2.49. The molecule has 1 amide bonds. The van der Waals surface area contributed by atoms with Gasteiger partial charge in [0.2, 0.25) is 5.91 Å².